The number of hydrogen-bond donors (Lipinski definition) is 1. The SMILES string of the molecule is NC(=O)c1cccc(Oc2cccnc2Cl)n1. The molecule has 0 aromatic carbocycles. The fourth-order valence-corrected chi connectivity index (χ4v) is 1.33. The molecular formula is C11H8ClN3O2. The molecule has 2 aromatic rings. The summed E-state index contributed by atoms with van der Waals surface area (Å²) in [4.78, 5) is 18.7. The van der Waals surface area contributed by atoms with Gasteiger partial charge in [-0.25, -0.2) is 9.97 Å². The normalized spacial score (nSPS) is 9.94. The fraction of sp³-hybridized carbons (Fsp3) is 0. The number of nitrogens with two attached hydrogens (primary N) is 1. The lowest BCUT2D eigenvalue weighted by molar-refractivity contribution is 0.0995. The van der Waals surface area contributed by atoms with Gasteiger partial charge < -0.3 is 10.5 Å². The van der Waals surface area contributed by atoms with Gasteiger partial charge in [-0.05, 0) is 18.2 Å². The molecule has 0 radical (unpaired) electrons. The van der Waals surface area contributed by atoms with Crippen LogP contribution in [0.25, 0.3) is 0 Å². The zero-order valence-electron chi connectivity index (χ0n) is 8.63. The van der Waals surface area contributed by atoms with E-state index in [1.54, 1.807) is 30.5 Å². The Bertz CT molecular complexity index is 560. The number of carbonyl (C=O) groups is 1. The second-order valence-corrected chi connectivity index (χ2v) is 3.48. The smallest absolute Gasteiger partial charge is 0.267 e. The van der Waals surface area contributed by atoms with Crippen molar-refractivity contribution in [3.8, 4) is 11.6 Å². The number of carbonyl (C=O) groups excluding carboxylic acids is 1. The van der Waals surface area contributed by atoms with Crippen molar-refractivity contribution in [3.63, 3.8) is 0 Å². The molecular weight excluding hydrogens is 242 g/mol. The van der Waals surface area contributed by atoms with E-state index in [4.69, 9.17) is 22.1 Å². The first-order chi connectivity index (χ1) is 8.16. The lowest BCUT2D eigenvalue weighted by Crippen LogP contribution is -2.12. The summed E-state index contributed by atoms with van der Waals surface area (Å²) in [5.41, 5.74) is 5.24. The molecule has 2 rings (SSSR count). The van der Waals surface area contributed by atoms with Crippen molar-refractivity contribution in [2.24, 2.45) is 5.73 Å². The maximum absolute atomic E-state index is 10.9. The minimum Gasteiger partial charge on any atom is -0.436 e. The highest BCUT2D eigenvalue weighted by Crippen LogP contribution is 2.25. The third-order valence-corrected chi connectivity index (χ3v) is 2.20. The van der Waals surface area contributed by atoms with E-state index < -0.39 is 5.91 Å². The number of nitrogens with zero attached hydrogens (tertiary/aromatic N) is 2. The summed E-state index contributed by atoms with van der Waals surface area (Å²) < 4.78 is 5.39. The second kappa shape index (κ2) is 4.80. The van der Waals surface area contributed by atoms with Crippen LogP contribution < -0.4 is 10.5 Å². The Balaban J connectivity index is 2.28. The van der Waals surface area contributed by atoms with Crippen LogP contribution in [0, 0.1) is 0 Å². The van der Waals surface area contributed by atoms with Crippen molar-refractivity contribution >= 4 is 17.5 Å². The van der Waals surface area contributed by atoms with Crippen LogP contribution in [-0.2, 0) is 0 Å². The third kappa shape index (κ3) is 2.70. The highest BCUT2D eigenvalue weighted by Gasteiger charge is 2.07. The number of primary amides is 1. The number of ether oxygens (including phenoxy) is 1. The quantitative estimate of drug-likeness (QED) is 0.844. The molecule has 2 N–H and O–H groups in total. The molecule has 2 heterocycles. The summed E-state index contributed by atoms with van der Waals surface area (Å²) >= 11 is 5.82. The molecule has 0 aliphatic carbocycles. The number of aromatic nitrogens is 2. The van der Waals surface area contributed by atoms with Crippen LogP contribution in [0.2, 0.25) is 5.15 Å². The molecule has 0 unspecified atom stereocenters. The van der Waals surface area contributed by atoms with Crippen LogP contribution in [0.4, 0.5) is 0 Å². The Morgan fingerprint density at radius 3 is 2.82 bits per heavy atom. The molecule has 0 saturated carbocycles. The number of rotatable bonds is 3. The van der Waals surface area contributed by atoms with Crippen LogP contribution in [0.5, 0.6) is 11.6 Å². The Hall–Kier alpha value is -2.14. The Kier molecular flexibility index (Phi) is 3.20. The summed E-state index contributed by atoms with van der Waals surface area (Å²) in [5, 5.41) is 0.221. The summed E-state index contributed by atoms with van der Waals surface area (Å²) in [5.74, 6) is -0.0211. The fourth-order valence-electron chi connectivity index (χ4n) is 1.17. The summed E-state index contributed by atoms with van der Waals surface area (Å²) in [6.45, 7) is 0. The van der Waals surface area contributed by atoms with Crippen molar-refractivity contribution in [3.05, 3.63) is 47.4 Å². The molecule has 2 aromatic heterocycles. The summed E-state index contributed by atoms with van der Waals surface area (Å²) in [6.07, 6.45) is 1.54. The highest BCUT2D eigenvalue weighted by atomic mass is 35.5. The Morgan fingerprint density at radius 2 is 2.12 bits per heavy atom. The van der Waals surface area contributed by atoms with Gasteiger partial charge in [-0.2, -0.15) is 0 Å². The predicted octanol–water partition coefficient (Wildman–Crippen LogP) is 2.02. The van der Waals surface area contributed by atoms with Gasteiger partial charge in [0.2, 0.25) is 5.88 Å². The van der Waals surface area contributed by atoms with E-state index in [0.717, 1.165) is 0 Å². The van der Waals surface area contributed by atoms with E-state index in [2.05, 4.69) is 9.97 Å². The monoisotopic (exact) mass is 249 g/mol. The molecule has 0 bridgehead atoms. The molecule has 0 spiro atoms. The van der Waals surface area contributed by atoms with Gasteiger partial charge in [-0.1, -0.05) is 17.7 Å². The first-order valence-corrected chi connectivity index (χ1v) is 5.10. The van der Waals surface area contributed by atoms with E-state index in [9.17, 15) is 4.79 Å². The maximum Gasteiger partial charge on any atom is 0.267 e. The van der Waals surface area contributed by atoms with Crippen LogP contribution in [0.15, 0.2) is 36.5 Å². The lowest BCUT2D eigenvalue weighted by Gasteiger charge is -2.05. The minimum absolute atomic E-state index is 0.127. The third-order valence-electron chi connectivity index (χ3n) is 1.92. The number of halogens is 1. The molecule has 0 saturated heterocycles. The molecule has 1 amide bonds. The maximum atomic E-state index is 10.9. The first-order valence-electron chi connectivity index (χ1n) is 4.72. The van der Waals surface area contributed by atoms with Crippen LogP contribution in [0.3, 0.4) is 0 Å². The van der Waals surface area contributed by atoms with Crippen molar-refractivity contribution in [1.82, 2.24) is 9.97 Å². The van der Waals surface area contributed by atoms with Gasteiger partial charge in [0.1, 0.15) is 5.69 Å². The number of amides is 1. The van der Waals surface area contributed by atoms with Crippen molar-refractivity contribution < 1.29 is 9.53 Å². The Labute approximate surface area is 102 Å². The van der Waals surface area contributed by atoms with Gasteiger partial charge in [0.05, 0.1) is 0 Å². The van der Waals surface area contributed by atoms with Crippen molar-refractivity contribution in [2.75, 3.05) is 0 Å². The summed E-state index contributed by atoms with van der Waals surface area (Å²) in [7, 11) is 0. The molecule has 0 atom stereocenters. The topological polar surface area (TPSA) is 78.1 Å². The largest absolute Gasteiger partial charge is 0.436 e. The lowest BCUT2D eigenvalue weighted by atomic mass is 10.3. The van der Waals surface area contributed by atoms with Gasteiger partial charge in [0, 0.05) is 12.3 Å². The Morgan fingerprint density at radius 1 is 1.29 bits per heavy atom. The van der Waals surface area contributed by atoms with Crippen LogP contribution >= 0.6 is 11.6 Å². The zero-order chi connectivity index (χ0) is 12.3. The van der Waals surface area contributed by atoms with E-state index in [0.29, 0.717) is 5.75 Å². The number of hydrogen-bond acceptors (Lipinski definition) is 4. The van der Waals surface area contributed by atoms with Crippen LogP contribution in [-0.4, -0.2) is 15.9 Å². The van der Waals surface area contributed by atoms with Crippen molar-refractivity contribution in [2.45, 2.75) is 0 Å². The molecule has 86 valence electrons. The molecule has 17 heavy (non-hydrogen) atoms. The minimum atomic E-state index is -0.618. The van der Waals surface area contributed by atoms with Crippen LogP contribution in [0.1, 0.15) is 10.5 Å². The van der Waals surface area contributed by atoms with Gasteiger partial charge in [0.25, 0.3) is 5.91 Å². The number of pyridine rings is 2. The summed E-state index contributed by atoms with van der Waals surface area (Å²) in [6, 6.07) is 8.04. The second-order valence-electron chi connectivity index (χ2n) is 3.12. The van der Waals surface area contributed by atoms with E-state index in [1.807, 2.05) is 0 Å². The average Bonchev–Trinajstić information content (AvgIpc) is 2.32. The molecule has 5 nitrogen and oxygen atoms in total. The van der Waals surface area contributed by atoms with Gasteiger partial charge in [-0.3, -0.25) is 4.79 Å². The standard InChI is InChI=1S/C11H8ClN3O2/c12-10-8(4-2-6-14-10)17-9-5-1-3-7(15-9)11(13)16/h1-6H,(H2,13,16). The molecule has 0 aliphatic rings. The molecule has 6 heteroatoms. The highest BCUT2D eigenvalue weighted by molar-refractivity contribution is 6.30. The van der Waals surface area contributed by atoms with Gasteiger partial charge in [0.15, 0.2) is 10.9 Å². The predicted molar refractivity (Wildman–Crippen MR) is 62.1 cm³/mol. The molecule has 0 aliphatic heterocycles. The zero-order valence-corrected chi connectivity index (χ0v) is 9.39. The van der Waals surface area contributed by atoms with Gasteiger partial charge in [-0.15, -0.1) is 0 Å². The first kappa shape index (κ1) is 11.3. The van der Waals surface area contributed by atoms with Gasteiger partial charge >= 0.3 is 0 Å². The van der Waals surface area contributed by atoms with E-state index in [-0.39, 0.29) is 16.7 Å². The van der Waals surface area contributed by atoms with E-state index in [1.165, 1.54) is 6.07 Å². The van der Waals surface area contributed by atoms with E-state index >= 15 is 0 Å². The van der Waals surface area contributed by atoms with Crippen molar-refractivity contribution in [1.29, 1.82) is 0 Å². The molecule has 0 fully saturated rings. The average molecular weight is 250 g/mol.